The zero-order chi connectivity index (χ0) is 13.0. The summed E-state index contributed by atoms with van der Waals surface area (Å²) < 4.78 is 19.6. The van der Waals surface area contributed by atoms with Crippen molar-refractivity contribution >= 4 is 33.0 Å². The maximum Gasteiger partial charge on any atom is 0.145 e. The Labute approximate surface area is 118 Å². The summed E-state index contributed by atoms with van der Waals surface area (Å²) in [5.74, 6) is 0.260. The van der Waals surface area contributed by atoms with Crippen LogP contribution in [0.15, 0.2) is 34.1 Å². The molecule has 18 heavy (non-hydrogen) atoms. The van der Waals surface area contributed by atoms with Crippen molar-refractivity contribution in [2.45, 2.75) is 13.5 Å². The molecule has 1 aromatic carbocycles. The van der Waals surface area contributed by atoms with Crippen LogP contribution in [0.3, 0.4) is 0 Å². The number of halogens is 2. The SMILES string of the molecule is CCOc1cc(F)ccc1NCc1cc(Br)cs1. The Morgan fingerprint density at radius 3 is 2.89 bits per heavy atom. The minimum atomic E-state index is -0.289. The standard InChI is InChI=1S/C13H13BrFNOS/c1-2-17-13-6-10(15)3-4-12(13)16-7-11-5-9(14)8-18-11/h3-6,8,16H,2,7H2,1H3. The molecule has 0 aliphatic carbocycles. The molecule has 2 nitrogen and oxygen atoms in total. The molecular formula is C13H13BrFNOS. The fourth-order valence-electron chi connectivity index (χ4n) is 1.55. The van der Waals surface area contributed by atoms with E-state index in [1.807, 2.05) is 12.3 Å². The van der Waals surface area contributed by atoms with Crippen molar-refractivity contribution in [3.8, 4) is 5.75 Å². The van der Waals surface area contributed by atoms with Gasteiger partial charge in [-0.1, -0.05) is 0 Å². The Kier molecular flexibility index (Phi) is 4.60. The molecule has 1 N–H and O–H groups in total. The molecule has 2 rings (SSSR count). The van der Waals surface area contributed by atoms with E-state index in [-0.39, 0.29) is 5.82 Å². The van der Waals surface area contributed by atoms with Crippen molar-refractivity contribution in [2.75, 3.05) is 11.9 Å². The molecule has 0 spiro atoms. The van der Waals surface area contributed by atoms with Gasteiger partial charge in [0.25, 0.3) is 0 Å². The fourth-order valence-corrected chi connectivity index (χ4v) is 2.94. The highest BCUT2D eigenvalue weighted by molar-refractivity contribution is 9.10. The van der Waals surface area contributed by atoms with Crippen molar-refractivity contribution in [1.29, 1.82) is 0 Å². The number of rotatable bonds is 5. The number of benzene rings is 1. The lowest BCUT2D eigenvalue weighted by atomic mass is 10.2. The first-order chi connectivity index (χ1) is 8.69. The van der Waals surface area contributed by atoms with Gasteiger partial charge in [0.1, 0.15) is 11.6 Å². The van der Waals surface area contributed by atoms with Gasteiger partial charge in [-0.15, -0.1) is 11.3 Å². The highest BCUT2D eigenvalue weighted by Gasteiger charge is 2.05. The number of ether oxygens (including phenoxy) is 1. The quantitative estimate of drug-likeness (QED) is 0.861. The van der Waals surface area contributed by atoms with Gasteiger partial charge < -0.3 is 10.1 Å². The van der Waals surface area contributed by atoms with Gasteiger partial charge in [0.2, 0.25) is 0 Å². The van der Waals surface area contributed by atoms with Gasteiger partial charge >= 0.3 is 0 Å². The summed E-state index contributed by atoms with van der Waals surface area (Å²) >= 11 is 5.08. The number of hydrogen-bond donors (Lipinski definition) is 1. The second-order valence-electron chi connectivity index (χ2n) is 3.66. The molecule has 2 aromatic rings. The summed E-state index contributed by atoms with van der Waals surface area (Å²) in [4.78, 5) is 1.20. The van der Waals surface area contributed by atoms with Crippen LogP contribution in [0.5, 0.6) is 5.75 Å². The molecular weight excluding hydrogens is 317 g/mol. The lowest BCUT2D eigenvalue weighted by Gasteiger charge is -2.11. The van der Waals surface area contributed by atoms with Crippen LogP contribution >= 0.6 is 27.3 Å². The molecule has 0 unspecified atom stereocenters. The van der Waals surface area contributed by atoms with E-state index in [4.69, 9.17) is 4.74 Å². The summed E-state index contributed by atoms with van der Waals surface area (Å²) in [6.07, 6.45) is 0. The normalized spacial score (nSPS) is 10.4. The number of thiophene rings is 1. The van der Waals surface area contributed by atoms with Gasteiger partial charge in [-0.05, 0) is 41.1 Å². The average molecular weight is 330 g/mol. The number of anilines is 1. The highest BCUT2D eigenvalue weighted by atomic mass is 79.9. The van der Waals surface area contributed by atoms with Crippen molar-refractivity contribution < 1.29 is 9.13 Å². The first kappa shape index (κ1) is 13.4. The second-order valence-corrected chi connectivity index (χ2v) is 5.57. The van der Waals surface area contributed by atoms with Crippen molar-refractivity contribution in [2.24, 2.45) is 0 Å². The van der Waals surface area contributed by atoms with Crippen LogP contribution in [-0.2, 0) is 6.54 Å². The van der Waals surface area contributed by atoms with Crippen LogP contribution in [-0.4, -0.2) is 6.61 Å². The van der Waals surface area contributed by atoms with E-state index in [1.165, 1.54) is 17.0 Å². The van der Waals surface area contributed by atoms with Crippen molar-refractivity contribution in [3.05, 3.63) is 44.8 Å². The zero-order valence-corrected chi connectivity index (χ0v) is 12.3. The summed E-state index contributed by atoms with van der Waals surface area (Å²) in [5.41, 5.74) is 0.808. The molecule has 0 atom stereocenters. The molecule has 0 radical (unpaired) electrons. The summed E-state index contributed by atoms with van der Waals surface area (Å²) in [6, 6.07) is 6.58. The van der Waals surface area contributed by atoms with Gasteiger partial charge in [-0.2, -0.15) is 0 Å². The molecule has 1 aromatic heterocycles. The highest BCUT2D eigenvalue weighted by Crippen LogP contribution is 2.27. The maximum atomic E-state index is 13.1. The Balaban J connectivity index is 2.08. The molecule has 0 bridgehead atoms. The van der Waals surface area contributed by atoms with E-state index >= 15 is 0 Å². The maximum absolute atomic E-state index is 13.1. The van der Waals surface area contributed by atoms with Crippen LogP contribution in [0.1, 0.15) is 11.8 Å². The molecule has 96 valence electrons. The second kappa shape index (κ2) is 6.20. The van der Waals surface area contributed by atoms with Gasteiger partial charge in [-0.25, -0.2) is 4.39 Å². The summed E-state index contributed by atoms with van der Waals surface area (Å²) in [5, 5.41) is 5.29. The molecule has 1 heterocycles. The van der Waals surface area contributed by atoms with Gasteiger partial charge in [-0.3, -0.25) is 0 Å². The Bertz CT molecular complexity index is 529. The molecule has 0 saturated carbocycles. The van der Waals surface area contributed by atoms with E-state index < -0.39 is 0 Å². The molecule has 0 saturated heterocycles. The summed E-state index contributed by atoms with van der Waals surface area (Å²) in [6.45, 7) is 3.09. The molecule has 5 heteroatoms. The predicted molar refractivity (Wildman–Crippen MR) is 76.9 cm³/mol. The average Bonchev–Trinajstić information content (AvgIpc) is 2.75. The van der Waals surface area contributed by atoms with E-state index in [0.29, 0.717) is 18.9 Å². The van der Waals surface area contributed by atoms with Crippen molar-refractivity contribution in [3.63, 3.8) is 0 Å². The third-order valence-corrected chi connectivity index (χ3v) is 4.02. The lowest BCUT2D eigenvalue weighted by Crippen LogP contribution is -2.02. The van der Waals surface area contributed by atoms with Gasteiger partial charge in [0, 0.05) is 27.3 Å². The van der Waals surface area contributed by atoms with Crippen LogP contribution in [0.2, 0.25) is 0 Å². The number of hydrogen-bond acceptors (Lipinski definition) is 3. The molecule has 0 aliphatic rings. The monoisotopic (exact) mass is 329 g/mol. The molecule has 0 aliphatic heterocycles. The Morgan fingerprint density at radius 1 is 1.39 bits per heavy atom. The van der Waals surface area contributed by atoms with E-state index in [0.717, 1.165) is 10.2 Å². The van der Waals surface area contributed by atoms with E-state index in [9.17, 15) is 4.39 Å². The minimum absolute atomic E-state index is 0.289. The third kappa shape index (κ3) is 3.46. The van der Waals surface area contributed by atoms with Gasteiger partial charge in [0.05, 0.1) is 12.3 Å². The summed E-state index contributed by atoms with van der Waals surface area (Å²) in [7, 11) is 0. The van der Waals surface area contributed by atoms with Gasteiger partial charge in [0.15, 0.2) is 0 Å². The van der Waals surface area contributed by atoms with E-state index in [1.54, 1.807) is 17.4 Å². The largest absolute Gasteiger partial charge is 0.492 e. The number of nitrogens with one attached hydrogen (secondary N) is 1. The van der Waals surface area contributed by atoms with Crippen LogP contribution in [0, 0.1) is 5.82 Å². The first-order valence-corrected chi connectivity index (χ1v) is 7.25. The van der Waals surface area contributed by atoms with Crippen LogP contribution in [0.25, 0.3) is 0 Å². The Morgan fingerprint density at radius 2 is 2.22 bits per heavy atom. The molecule has 0 amide bonds. The van der Waals surface area contributed by atoms with Crippen LogP contribution < -0.4 is 10.1 Å². The zero-order valence-electron chi connectivity index (χ0n) is 9.87. The minimum Gasteiger partial charge on any atom is -0.492 e. The Hall–Kier alpha value is -1.07. The first-order valence-electron chi connectivity index (χ1n) is 5.58. The van der Waals surface area contributed by atoms with E-state index in [2.05, 4.69) is 27.3 Å². The van der Waals surface area contributed by atoms with Crippen LogP contribution in [0.4, 0.5) is 10.1 Å². The smallest absolute Gasteiger partial charge is 0.145 e. The lowest BCUT2D eigenvalue weighted by molar-refractivity contribution is 0.340. The molecule has 0 fully saturated rings. The topological polar surface area (TPSA) is 21.3 Å². The predicted octanol–water partition coefficient (Wildman–Crippen LogP) is 4.66. The van der Waals surface area contributed by atoms with Crippen molar-refractivity contribution in [1.82, 2.24) is 0 Å². The fraction of sp³-hybridized carbons (Fsp3) is 0.231. The third-order valence-electron chi connectivity index (χ3n) is 2.32.